The van der Waals surface area contributed by atoms with Gasteiger partial charge in [-0.25, -0.2) is 14.8 Å². The van der Waals surface area contributed by atoms with Crippen molar-refractivity contribution in [1.29, 1.82) is 0 Å². The molecule has 4 aliphatic rings. The molecule has 3 fully saturated rings. The van der Waals surface area contributed by atoms with Crippen molar-refractivity contribution < 1.29 is 41.8 Å². The summed E-state index contributed by atoms with van der Waals surface area (Å²) in [5, 5.41) is 11.5. The van der Waals surface area contributed by atoms with E-state index in [4.69, 9.17) is 19.6 Å². The van der Waals surface area contributed by atoms with Gasteiger partial charge in [0.15, 0.2) is 10.8 Å². The van der Waals surface area contributed by atoms with Crippen molar-refractivity contribution in [3.05, 3.63) is 125 Å². The third-order valence-corrected chi connectivity index (χ3v) is 17.0. The number of benzene rings is 4. The van der Waals surface area contributed by atoms with Gasteiger partial charge in [-0.3, -0.25) is 34.6 Å². The van der Waals surface area contributed by atoms with Crippen molar-refractivity contribution >= 4 is 72.8 Å². The van der Waals surface area contributed by atoms with E-state index < -0.39 is 35.3 Å². The monoisotopic (exact) mass is 1110 g/mol. The number of fused-ring (bicyclic) bond motifs is 3. The summed E-state index contributed by atoms with van der Waals surface area (Å²) in [6.45, 7) is 10.5. The molecule has 6 heterocycles. The van der Waals surface area contributed by atoms with Gasteiger partial charge in [0.05, 0.1) is 33.4 Å². The molecule has 1 atom stereocenters. The third-order valence-electron chi connectivity index (χ3n) is 16.0. The third kappa shape index (κ3) is 11.9. The fourth-order valence-corrected chi connectivity index (χ4v) is 12.8. The number of halogens is 3. The van der Waals surface area contributed by atoms with Crippen LogP contribution >= 0.6 is 11.3 Å². The quantitative estimate of drug-likeness (QED) is 0.0603. The second-order valence-corrected chi connectivity index (χ2v) is 23.6. The van der Waals surface area contributed by atoms with Crippen LogP contribution in [0.15, 0.2) is 91.0 Å². The average molecular weight is 1110 g/mol. The first kappa shape index (κ1) is 54.6. The van der Waals surface area contributed by atoms with Crippen molar-refractivity contribution in [1.82, 2.24) is 30.0 Å². The standard InChI is InChI=1S/C61H66F3N9O6S/c1-60(2,3)79-58(77)55-42(24-26-51(66-55)73-30-28-38-12-9-14-43(46(38)36-73)56(75)68-59-65-47-15-5-6-17-50(47)80-59)41-13-10-16-49(53(41)61(62,63)64)78-40-21-18-37(19-22-40)11-7-8-29-71-31-33-72(34-32-71)39-20-23-44-48(35-39)70(4)69-54(44)45-25-27-52(74)67-57(45)76/h5-6,9-10,12-17,20,23-24,26,35,37,40,45H,7-8,11,18-19,21-22,25,27-34,36H2,1-4H3,(H,65,68,75)(H,67,74,76). The van der Waals surface area contributed by atoms with E-state index in [1.54, 1.807) is 32.9 Å². The number of para-hydroxylation sites is 1. The molecule has 3 aliphatic heterocycles. The van der Waals surface area contributed by atoms with Crippen LogP contribution in [-0.2, 0) is 40.5 Å². The normalized spacial score (nSPS) is 19.3. The second kappa shape index (κ2) is 22.6. The van der Waals surface area contributed by atoms with E-state index in [0.717, 1.165) is 103 Å². The average Bonchev–Trinajstić information content (AvgIpc) is 4.00. The number of piperidine rings is 1. The van der Waals surface area contributed by atoms with E-state index in [2.05, 4.69) is 37.6 Å². The Morgan fingerprint density at radius 2 is 1.60 bits per heavy atom. The summed E-state index contributed by atoms with van der Waals surface area (Å²) < 4.78 is 61.3. The summed E-state index contributed by atoms with van der Waals surface area (Å²) in [7, 11) is 1.89. The number of esters is 1. The molecule has 418 valence electrons. The van der Waals surface area contributed by atoms with E-state index >= 15 is 13.2 Å². The fourth-order valence-electron chi connectivity index (χ4n) is 11.9. The van der Waals surface area contributed by atoms with Gasteiger partial charge in [0.25, 0.3) is 5.91 Å². The van der Waals surface area contributed by atoms with Gasteiger partial charge in [-0.15, -0.1) is 0 Å². The van der Waals surface area contributed by atoms with Crippen LogP contribution in [0.25, 0.3) is 32.2 Å². The molecule has 3 aromatic heterocycles. The van der Waals surface area contributed by atoms with Gasteiger partial charge < -0.3 is 19.3 Å². The first-order chi connectivity index (χ1) is 38.4. The highest BCUT2D eigenvalue weighted by molar-refractivity contribution is 7.22. The zero-order valence-electron chi connectivity index (χ0n) is 45.5. The van der Waals surface area contributed by atoms with Crippen LogP contribution in [0.1, 0.15) is 128 Å². The number of ether oxygens (including phenoxy) is 2. The molecule has 1 saturated carbocycles. The second-order valence-electron chi connectivity index (χ2n) is 22.6. The molecule has 3 amide bonds. The molecule has 4 aromatic carbocycles. The molecule has 1 unspecified atom stereocenters. The lowest BCUT2D eigenvalue weighted by Crippen LogP contribution is -2.46. The Morgan fingerprint density at radius 1 is 0.812 bits per heavy atom. The van der Waals surface area contributed by atoms with Crippen molar-refractivity contribution in [2.75, 3.05) is 54.4 Å². The largest absolute Gasteiger partial charge is 0.490 e. The number of amides is 3. The lowest BCUT2D eigenvalue weighted by molar-refractivity contribution is -0.139. The number of carbonyl (C=O) groups is 4. The number of carbonyl (C=O) groups excluding carboxylic acids is 4. The number of rotatable bonds is 14. The topological polar surface area (TPSA) is 164 Å². The lowest BCUT2D eigenvalue weighted by atomic mass is 9.84. The van der Waals surface area contributed by atoms with E-state index in [-0.39, 0.29) is 46.8 Å². The van der Waals surface area contributed by atoms with E-state index in [0.29, 0.717) is 66.8 Å². The summed E-state index contributed by atoms with van der Waals surface area (Å²) in [5.41, 5.74) is 3.39. The van der Waals surface area contributed by atoms with Gasteiger partial charge in [-0.05, 0) is 144 Å². The smallest absolute Gasteiger partial charge is 0.420 e. The SMILES string of the molecule is Cn1nc(C2CCC(=O)NC2=O)c2ccc(N3CCN(CCCCC4CCC(Oc5cccc(-c6ccc(N7CCc8cccc(C(=O)Nc9nc%10ccccc%10s9)c8C7)nc6C(=O)OC(C)(C)C)c5C(F)(F)F)CC4)CC3)cc21. The number of aromatic nitrogens is 4. The first-order valence-electron chi connectivity index (χ1n) is 27.8. The molecule has 7 aromatic rings. The van der Waals surface area contributed by atoms with Crippen molar-refractivity contribution in [3.8, 4) is 16.9 Å². The number of nitrogens with zero attached hydrogens (tertiary/aromatic N) is 7. The molecule has 15 nitrogen and oxygen atoms in total. The van der Waals surface area contributed by atoms with E-state index in [1.807, 2.05) is 59.1 Å². The van der Waals surface area contributed by atoms with Crippen LogP contribution in [0, 0.1) is 5.92 Å². The molecule has 0 bridgehead atoms. The molecule has 2 N–H and O–H groups in total. The Labute approximate surface area is 466 Å². The molecule has 1 aliphatic carbocycles. The maximum atomic E-state index is 15.5. The number of unbranched alkanes of at least 4 members (excludes halogenated alkanes) is 1. The van der Waals surface area contributed by atoms with Crippen molar-refractivity contribution in [2.45, 2.75) is 115 Å². The highest BCUT2D eigenvalue weighted by atomic mass is 32.1. The zero-order valence-corrected chi connectivity index (χ0v) is 46.4. The number of hydrogen-bond acceptors (Lipinski definition) is 13. The first-order valence-corrected chi connectivity index (χ1v) is 28.7. The van der Waals surface area contributed by atoms with Gasteiger partial charge in [0.1, 0.15) is 22.7 Å². The molecule has 2 saturated heterocycles. The molecular weight excluding hydrogens is 1040 g/mol. The molecule has 0 radical (unpaired) electrons. The van der Waals surface area contributed by atoms with Gasteiger partial charge in [0, 0.05) is 80.5 Å². The zero-order chi connectivity index (χ0) is 55.9. The maximum Gasteiger partial charge on any atom is 0.420 e. The van der Waals surface area contributed by atoms with Gasteiger partial charge in [-0.1, -0.05) is 60.6 Å². The highest BCUT2D eigenvalue weighted by Crippen LogP contribution is 2.46. The summed E-state index contributed by atoms with van der Waals surface area (Å²) >= 11 is 1.39. The molecular formula is C61H66F3N9O6S. The van der Waals surface area contributed by atoms with E-state index in [9.17, 15) is 19.2 Å². The van der Waals surface area contributed by atoms with Crippen molar-refractivity contribution in [3.63, 3.8) is 0 Å². The molecule has 11 rings (SSSR count). The Bertz CT molecular complexity index is 3450. The van der Waals surface area contributed by atoms with Crippen LogP contribution in [0.4, 0.5) is 29.8 Å². The number of thiazole rings is 1. The maximum absolute atomic E-state index is 15.5. The predicted molar refractivity (Wildman–Crippen MR) is 303 cm³/mol. The summed E-state index contributed by atoms with van der Waals surface area (Å²) in [5.74, 6) is -1.58. The number of anilines is 3. The fraction of sp³-hybridized carbons (Fsp3) is 0.426. The van der Waals surface area contributed by atoms with Gasteiger partial charge in [0.2, 0.25) is 11.8 Å². The Balaban J connectivity index is 0.706. The number of nitrogens with one attached hydrogen (secondary N) is 2. The summed E-state index contributed by atoms with van der Waals surface area (Å²) in [4.78, 5) is 68.5. The molecule has 80 heavy (non-hydrogen) atoms. The van der Waals surface area contributed by atoms with Crippen LogP contribution < -0.4 is 25.2 Å². The van der Waals surface area contributed by atoms with Crippen LogP contribution in [-0.4, -0.2) is 99.3 Å². The van der Waals surface area contributed by atoms with Crippen molar-refractivity contribution in [2.24, 2.45) is 13.0 Å². The van der Waals surface area contributed by atoms with Crippen LogP contribution in [0.3, 0.4) is 0 Å². The van der Waals surface area contributed by atoms with Gasteiger partial charge >= 0.3 is 12.1 Å². The van der Waals surface area contributed by atoms with Gasteiger partial charge in [-0.2, -0.15) is 18.3 Å². The summed E-state index contributed by atoms with van der Waals surface area (Å²) in [6.07, 6.45) is 2.31. The predicted octanol–water partition coefficient (Wildman–Crippen LogP) is 11.5. The van der Waals surface area contributed by atoms with E-state index in [1.165, 1.54) is 35.6 Å². The number of imide groups is 1. The Morgan fingerprint density at radius 3 is 2.36 bits per heavy atom. The van der Waals surface area contributed by atoms with Crippen LogP contribution in [0.2, 0.25) is 0 Å². The minimum atomic E-state index is -4.84. The number of piperazine rings is 1. The number of hydrogen-bond donors (Lipinski definition) is 2. The minimum Gasteiger partial charge on any atom is -0.490 e. The Hall–Kier alpha value is -7.38. The summed E-state index contributed by atoms with van der Waals surface area (Å²) in [6, 6.07) is 26.9. The number of alkyl halides is 3. The molecule has 0 spiro atoms. The Kier molecular flexibility index (Phi) is 15.4. The lowest BCUT2D eigenvalue weighted by Gasteiger charge is -2.36. The minimum absolute atomic E-state index is 0.0224. The number of pyridine rings is 1. The molecule has 19 heteroatoms. The highest BCUT2D eigenvalue weighted by Gasteiger charge is 2.40. The number of aryl methyl sites for hydroxylation is 1. The van der Waals surface area contributed by atoms with Crippen LogP contribution in [0.5, 0.6) is 5.75 Å².